The van der Waals surface area contributed by atoms with Gasteiger partial charge in [-0.25, -0.2) is 14.4 Å². The summed E-state index contributed by atoms with van der Waals surface area (Å²) < 4.78 is 32.5. The van der Waals surface area contributed by atoms with Crippen LogP contribution in [0.4, 0.5) is 0 Å². The monoisotopic (exact) mass is 620 g/mol. The molecule has 0 saturated carbocycles. The van der Waals surface area contributed by atoms with E-state index in [-0.39, 0.29) is 51.0 Å². The molecule has 0 amide bonds. The van der Waals surface area contributed by atoms with Crippen LogP contribution in [0.25, 0.3) is 45.1 Å². The maximum absolute atomic E-state index is 13.0. The Morgan fingerprint density at radius 2 is 1.15 bits per heavy atom. The molecule has 2 N–H and O–H groups in total. The number of methoxy groups -OCH3 is 2. The fourth-order valence-electron chi connectivity index (χ4n) is 4.75. The fraction of sp³-hybridized carbons (Fsp3) is 0.0571. The van der Waals surface area contributed by atoms with Crippen molar-refractivity contribution in [1.82, 2.24) is 0 Å². The zero-order chi connectivity index (χ0) is 32.4. The molecule has 230 valence electrons. The number of benzene rings is 4. The van der Waals surface area contributed by atoms with Gasteiger partial charge in [-0.15, -0.1) is 0 Å². The van der Waals surface area contributed by atoms with Gasteiger partial charge in [-0.3, -0.25) is 0 Å². The first kappa shape index (κ1) is 29.6. The van der Waals surface area contributed by atoms with Crippen LogP contribution in [-0.2, 0) is 9.59 Å². The molecule has 0 aliphatic heterocycles. The molecule has 0 saturated heterocycles. The number of fused-ring (bicyclic) bond motifs is 5. The minimum atomic E-state index is -0.682. The predicted octanol–water partition coefficient (Wildman–Crippen LogP) is 6.36. The van der Waals surface area contributed by atoms with Crippen molar-refractivity contribution in [2.75, 3.05) is 14.2 Å². The van der Waals surface area contributed by atoms with Crippen molar-refractivity contribution >= 4 is 57.0 Å². The third-order valence-corrected chi connectivity index (χ3v) is 6.93. The van der Waals surface area contributed by atoms with Crippen LogP contribution in [-0.4, -0.2) is 36.4 Å². The number of aromatic hydroxyl groups is 2. The highest BCUT2D eigenvalue weighted by Gasteiger charge is 2.18. The Bertz CT molecular complexity index is 2270. The Labute approximate surface area is 259 Å². The number of phenolic OH excluding ortho intramolecular Hbond substituents is 2. The molecule has 0 aliphatic rings. The molecule has 0 atom stereocenters. The van der Waals surface area contributed by atoms with Gasteiger partial charge in [-0.1, -0.05) is 12.1 Å². The first-order valence-electron chi connectivity index (χ1n) is 13.7. The van der Waals surface area contributed by atoms with Gasteiger partial charge >= 0.3 is 17.6 Å². The number of hydrogen-bond acceptors (Lipinski definition) is 11. The van der Waals surface area contributed by atoms with Crippen molar-refractivity contribution in [3.63, 3.8) is 0 Å². The highest BCUT2D eigenvalue weighted by atomic mass is 16.5. The summed E-state index contributed by atoms with van der Waals surface area (Å²) >= 11 is 0. The van der Waals surface area contributed by atoms with Crippen LogP contribution in [0.3, 0.4) is 0 Å². The van der Waals surface area contributed by atoms with Gasteiger partial charge in [0.25, 0.3) is 0 Å². The van der Waals surface area contributed by atoms with Crippen LogP contribution in [0, 0.1) is 0 Å². The van der Waals surface area contributed by atoms with Crippen molar-refractivity contribution < 1.29 is 47.6 Å². The van der Waals surface area contributed by atoms with Gasteiger partial charge in [0, 0.05) is 29.7 Å². The molecule has 6 rings (SSSR count). The summed E-state index contributed by atoms with van der Waals surface area (Å²) in [4.78, 5) is 37.9. The van der Waals surface area contributed by atoms with Crippen LogP contribution in [0.5, 0.6) is 34.5 Å². The molecule has 11 nitrogen and oxygen atoms in total. The molecule has 2 aromatic heterocycles. The Hall–Kier alpha value is -6.49. The van der Waals surface area contributed by atoms with Crippen LogP contribution in [0.15, 0.2) is 98.6 Å². The standard InChI is InChI=1S/C35H24O11/c1-41-29-15-19(3-11-25(29)36)5-13-31(38)43-21-7-9-23-27(17-21)45-34-24-10-8-22(18-28(24)46-35(40)33(23)34)44-32(39)14-6-20-4-12-26(37)30(16-20)42-2/h3-18,36-37H,1-2H3/b13-5+,14-6+. The predicted molar refractivity (Wildman–Crippen MR) is 168 cm³/mol. The van der Waals surface area contributed by atoms with Crippen LogP contribution in [0.2, 0.25) is 0 Å². The van der Waals surface area contributed by atoms with E-state index >= 15 is 0 Å². The smallest absolute Gasteiger partial charge is 0.348 e. The van der Waals surface area contributed by atoms with E-state index in [0.29, 0.717) is 27.5 Å². The molecule has 0 radical (unpaired) electrons. The summed E-state index contributed by atoms with van der Waals surface area (Å²) in [6.45, 7) is 0. The lowest BCUT2D eigenvalue weighted by atomic mass is 10.1. The van der Waals surface area contributed by atoms with Crippen molar-refractivity contribution in [3.8, 4) is 34.5 Å². The number of ether oxygens (including phenoxy) is 4. The van der Waals surface area contributed by atoms with E-state index in [1.807, 2.05) is 0 Å². The largest absolute Gasteiger partial charge is 0.504 e. The molecule has 4 aromatic carbocycles. The third-order valence-electron chi connectivity index (χ3n) is 6.93. The zero-order valence-corrected chi connectivity index (χ0v) is 24.3. The lowest BCUT2D eigenvalue weighted by Crippen LogP contribution is -2.04. The molecule has 0 aliphatic carbocycles. The summed E-state index contributed by atoms with van der Waals surface area (Å²) in [5.74, 6) is -0.547. The minimum Gasteiger partial charge on any atom is -0.504 e. The van der Waals surface area contributed by atoms with Gasteiger partial charge in [0.1, 0.15) is 28.1 Å². The first-order valence-corrected chi connectivity index (χ1v) is 13.7. The van der Waals surface area contributed by atoms with E-state index in [4.69, 9.17) is 27.8 Å². The molecule has 0 unspecified atom stereocenters. The zero-order valence-electron chi connectivity index (χ0n) is 24.3. The summed E-state index contributed by atoms with van der Waals surface area (Å²) in [6.07, 6.45) is 5.44. The SMILES string of the molecule is COc1cc(/C=C/C(=O)Oc2ccc3c(c2)oc(=O)c2c4ccc(OC(=O)/C=C/c5ccc(O)c(OC)c5)cc4oc32)ccc1O. The Kier molecular flexibility index (Phi) is 7.88. The van der Waals surface area contributed by atoms with E-state index in [0.717, 1.165) is 0 Å². The van der Waals surface area contributed by atoms with Gasteiger partial charge < -0.3 is 38.0 Å². The highest BCUT2D eigenvalue weighted by Crippen LogP contribution is 2.35. The Morgan fingerprint density at radius 1 is 0.652 bits per heavy atom. The number of furan rings is 1. The lowest BCUT2D eigenvalue weighted by Gasteiger charge is -2.04. The quantitative estimate of drug-likeness (QED) is 0.0845. The lowest BCUT2D eigenvalue weighted by molar-refractivity contribution is -0.129. The normalized spacial score (nSPS) is 11.5. The van der Waals surface area contributed by atoms with Gasteiger partial charge in [-0.05, 0) is 71.8 Å². The van der Waals surface area contributed by atoms with Gasteiger partial charge in [0.2, 0.25) is 0 Å². The van der Waals surface area contributed by atoms with E-state index in [1.165, 1.54) is 74.9 Å². The van der Waals surface area contributed by atoms with Gasteiger partial charge in [0.05, 0.1) is 19.6 Å². The molecule has 11 heteroatoms. The number of esters is 2. The third kappa shape index (κ3) is 5.97. The maximum atomic E-state index is 13.0. The topological polar surface area (TPSA) is 155 Å². The van der Waals surface area contributed by atoms with Gasteiger partial charge in [0.15, 0.2) is 28.6 Å². The van der Waals surface area contributed by atoms with E-state index < -0.39 is 17.6 Å². The fourth-order valence-corrected chi connectivity index (χ4v) is 4.75. The molecule has 2 heterocycles. The van der Waals surface area contributed by atoms with Crippen molar-refractivity contribution in [2.24, 2.45) is 0 Å². The second-order valence-corrected chi connectivity index (χ2v) is 9.88. The van der Waals surface area contributed by atoms with Crippen LogP contribution in [0.1, 0.15) is 11.1 Å². The molecular formula is C35H24O11. The number of rotatable bonds is 8. The number of phenols is 2. The summed E-state index contributed by atoms with van der Waals surface area (Å²) in [5.41, 5.74) is 1.24. The van der Waals surface area contributed by atoms with E-state index in [1.54, 1.807) is 36.4 Å². The molecule has 6 aromatic rings. The summed E-state index contributed by atoms with van der Waals surface area (Å²) in [5, 5.41) is 20.6. The number of carbonyl (C=O) groups excluding carboxylic acids is 2. The first-order chi connectivity index (χ1) is 22.2. The van der Waals surface area contributed by atoms with Crippen molar-refractivity contribution in [2.45, 2.75) is 0 Å². The summed E-state index contributed by atoms with van der Waals surface area (Å²) in [7, 11) is 2.84. The number of hydrogen-bond donors (Lipinski definition) is 2. The molecule has 0 spiro atoms. The van der Waals surface area contributed by atoms with Crippen LogP contribution >= 0.6 is 0 Å². The maximum Gasteiger partial charge on any atom is 0.348 e. The molecule has 0 bridgehead atoms. The Balaban J connectivity index is 1.21. The highest BCUT2D eigenvalue weighted by molar-refractivity contribution is 6.13. The summed E-state index contributed by atoms with van der Waals surface area (Å²) in [6, 6.07) is 18.4. The Morgan fingerprint density at radius 3 is 1.67 bits per heavy atom. The average molecular weight is 621 g/mol. The molecule has 0 fully saturated rings. The van der Waals surface area contributed by atoms with Gasteiger partial charge in [-0.2, -0.15) is 0 Å². The average Bonchev–Trinajstić information content (AvgIpc) is 3.43. The minimum absolute atomic E-state index is 0.0235. The second kappa shape index (κ2) is 12.2. The molecular weight excluding hydrogens is 596 g/mol. The number of carbonyl (C=O) groups is 2. The van der Waals surface area contributed by atoms with Crippen molar-refractivity contribution in [3.05, 3.63) is 106 Å². The van der Waals surface area contributed by atoms with Crippen LogP contribution < -0.4 is 24.6 Å². The molecule has 46 heavy (non-hydrogen) atoms. The van der Waals surface area contributed by atoms with Crippen molar-refractivity contribution in [1.29, 1.82) is 0 Å². The van der Waals surface area contributed by atoms with E-state index in [2.05, 4.69) is 0 Å². The van der Waals surface area contributed by atoms with E-state index in [9.17, 15) is 24.6 Å². The second-order valence-electron chi connectivity index (χ2n) is 9.88.